The highest BCUT2D eigenvalue weighted by molar-refractivity contribution is 5.95. The van der Waals surface area contributed by atoms with Gasteiger partial charge in [0.15, 0.2) is 0 Å². The number of amides is 1. The highest BCUT2D eigenvalue weighted by Gasteiger charge is 2.36. The second-order valence-electron chi connectivity index (χ2n) is 4.45. The van der Waals surface area contributed by atoms with Gasteiger partial charge in [0.05, 0.1) is 17.7 Å². The van der Waals surface area contributed by atoms with E-state index in [2.05, 4.69) is 4.74 Å². The number of benzene rings is 1. The van der Waals surface area contributed by atoms with Gasteiger partial charge in [-0.15, -0.1) is 0 Å². The summed E-state index contributed by atoms with van der Waals surface area (Å²) in [4.78, 5) is 13.4. The van der Waals surface area contributed by atoms with Crippen molar-refractivity contribution in [3.8, 4) is 6.07 Å². The van der Waals surface area contributed by atoms with Gasteiger partial charge in [-0.25, -0.2) is 0 Å². The van der Waals surface area contributed by atoms with Crippen LogP contribution in [0.4, 0.5) is 13.2 Å². The Kier molecular flexibility index (Phi) is 3.95. The van der Waals surface area contributed by atoms with Crippen molar-refractivity contribution in [2.75, 3.05) is 19.7 Å². The maximum absolute atomic E-state index is 12.0. The zero-order valence-electron chi connectivity index (χ0n) is 10.4. The number of hydrogen-bond acceptors (Lipinski definition) is 3. The lowest BCUT2D eigenvalue weighted by atomic mass is 10.1. The van der Waals surface area contributed by atoms with E-state index in [0.717, 1.165) is 0 Å². The van der Waals surface area contributed by atoms with Crippen LogP contribution >= 0.6 is 0 Å². The van der Waals surface area contributed by atoms with Crippen molar-refractivity contribution in [3.63, 3.8) is 0 Å². The number of likely N-dealkylation sites (tertiary alicyclic amines) is 1. The van der Waals surface area contributed by atoms with E-state index >= 15 is 0 Å². The number of alkyl halides is 3. The van der Waals surface area contributed by atoms with Crippen molar-refractivity contribution >= 4 is 5.91 Å². The number of ether oxygens (including phenoxy) is 1. The third-order valence-corrected chi connectivity index (χ3v) is 2.86. The average Bonchev–Trinajstić information content (AvgIpc) is 2.35. The molecule has 0 saturated carbocycles. The lowest BCUT2D eigenvalue weighted by Crippen LogP contribution is -2.55. The molecule has 4 nitrogen and oxygen atoms in total. The predicted octanol–water partition coefficient (Wildman–Crippen LogP) is 1.96. The predicted molar refractivity (Wildman–Crippen MR) is 62.9 cm³/mol. The van der Waals surface area contributed by atoms with Crippen LogP contribution in [0.25, 0.3) is 0 Å². The fourth-order valence-electron chi connectivity index (χ4n) is 1.83. The Balaban J connectivity index is 1.86. The Hall–Kier alpha value is -2.07. The third kappa shape index (κ3) is 3.48. The number of rotatable bonds is 3. The molecule has 1 aliphatic rings. The van der Waals surface area contributed by atoms with Crippen LogP contribution in [-0.4, -0.2) is 42.8 Å². The van der Waals surface area contributed by atoms with Gasteiger partial charge < -0.3 is 9.64 Å². The van der Waals surface area contributed by atoms with Crippen LogP contribution in [0.3, 0.4) is 0 Å². The highest BCUT2D eigenvalue weighted by atomic mass is 19.4. The van der Waals surface area contributed by atoms with Crippen molar-refractivity contribution in [2.24, 2.45) is 0 Å². The van der Waals surface area contributed by atoms with Gasteiger partial charge in [-0.1, -0.05) is 6.07 Å². The van der Waals surface area contributed by atoms with E-state index in [-0.39, 0.29) is 19.0 Å². The third-order valence-electron chi connectivity index (χ3n) is 2.86. The summed E-state index contributed by atoms with van der Waals surface area (Å²) in [5, 5.41) is 8.74. The number of carbonyl (C=O) groups excluding carboxylic acids is 1. The molecule has 20 heavy (non-hydrogen) atoms. The lowest BCUT2D eigenvalue weighted by molar-refractivity contribution is -0.196. The molecule has 1 aliphatic heterocycles. The first-order valence-electron chi connectivity index (χ1n) is 5.87. The molecule has 1 aromatic rings. The molecule has 106 valence electrons. The molecule has 1 heterocycles. The number of nitrogens with zero attached hydrogens (tertiary/aromatic N) is 2. The first-order valence-corrected chi connectivity index (χ1v) is 5.87. The molecule has 0 N–H and O–H groups in total. The van der Waals surface area contributed by atoms with Crippen LogP contribution in [0.1, 0.15) is 15.9 Å². The second kappa shape index (κ2) is 5.51. The van der Waals surface area contributed by atoms with Crippen LogP contribution in [0.5, 0.6) is 0 Å². The van der Waals surface area contributed by atoms with E-state index in [4.69, 9.17) is 5.26 Å². The monoisotopic (exact) mass is 284 g/mol. The Morgan fingerprint density at radius 1 is 1.45 bits per heavy atom. The highest BCUT2D eigenvalue weighted by Crippen LogP contribution is 2.20. The lowest BCUT2D eigenvalue weighted by Gasteiger charge is -2.39. The van der Waals surface area contributed by atoms with E-state index in [1.165, 1.54) is 11.0 Å². The Morgan fingerprint density at radius 3 is 2.75 bits per heavy atom. The van der Waals surface area contributed by atoms with Crippen LogP contribution in [-0.2, 0) is 4.74 Å². The largest absolute Gasteiger partial charge is 0.411 e. The molecule has 0 bridgehead atoms. The van der Waals surface area contributed by atoms with Crippen molar-refractivity contribution in [3.05, 3.63) is 35.4 Å². The summed E-state index contributed by atoms with van der Waals surface area (Å²) in [5.74, 6) is -0.311. The molecule has 1 saturated heterocycles. The molecular weight excluding hydrogens is 273 g/mol. The molecule has 0 spiro atoms. The SMILES string of the molecule is N#Cc1cccc(C(=O)N2CC(OCC(F)(F)F)C2)c1. The molecule has 0 unspecified atom stereocenters. The summed E-state index contributed by atoms with van der Waals surface area (Å²) in [6, 6.07) is 8.09. The van der Waals surface area contributed by atoms with Crippen LogP contribution < -0.4 is 0 Å². The van der Waals surface area contributed by atoms with Gasteiger partial charge in [0.1, 0.15) is 6.61 Å². The first-order chi connectivity index (χ1) is 9.39. The summed E-state index contributed by atoms with van der Waals surface area (Å²) in [6.07, 6.45) is -4.94. The number of nitriles is 1. The van der Waals surface area contributed by atoms with Crippen molar-refractivity contribution in [1.29, 1.82) is 5.26 Å². The molecular formula is C13H11F3N2O2. The van der Waals surface area contributed by atoms with Gasteiger partial charge in [-0.05, 0) is 18.2 Å². The fraction of sp³-hybridized carbons (Fsp3) is 0.385. The molecule has 1 aromatic carbocycles. The number of hydrogen-bond donors (Lipinski definition) is 0. The van der Waals surface area contributed by atoms with Crippen molar-refractivity contribution < 1.29 is 22.7 Å². The summed E-state index contributed by atoms with van der Waals surface area (Å²) in [7, 11) is 0. The number of halogens is 3. The van der Waals surface area contributed by atoms with Gasteiger partial charge in [-0.2, -0.15) is 18.4 Å². The molecule has 0 radical (unpaired) electrons. The van der Waals surface area contributed by atoms with Crippen molar-refractivity contribution in [1.82, 2.24) is 4.90 Å². The van der Waals surface area contributed by atoms with Crippen LogP contribution in [0.15, 0.2) is 24.3 Å². The maximum atomic E-state index is 12.0. The minimum atomic E-state index is -4.36. The Bertz CT molecular complexity index is 545. The van der Waals surface area contributed by atoms with Crippen LogP contribution in [0.2, 0.25) is 0 Å². The smallest absolute Gasteiger partial charge is 0.365 e. The van der Waals surface area contributed by atoms with E-state index in [1.807, 2.05) is 6.07 Å². The quantitative estimate of drug-likeness (QED) is 0.852. The van der Waals surface area contributed by atoms with E-state index in [1.54, 1.807) is 18.2 Å². The van der Waals surface area contributed by atoms with Gasteiger partial charge in [0, 0.05) is 18.7 Å². The van der Waals surface area contributed by atoms with Crippen molar-refractivity contribution in [2.45, 2.75) is 12.3 Å². The van der Waals surface area contributed by atoms with Gasteiger partial charge in [0.25, 0.3) is 5.91 Å². The standard InChI is InChI=1S/C13H11F3N2O2/c14-13(15,16)8-20-11-6-18(7-11)12(19)10-3-1-2-9(4-10)5-17/h1-4,11H,6-8H2. The van der Waals surface area contributed by atoms with Crippen LogP contribution in [0, 0.1) is 11.3 Å². The molecule has 0 aromatic heterocycles. The van der Waals surface area contributed by atoms with Gasteiger partial charge in [-0.3, -0.25) is 4.79 Å². The van der Waals surface area contributed by atoms with E-state index in [9.17, 15) is 18.0 Å². The molecule has 1 fully saturated rings. The minimum Gasteiger partial charge on any atom is -0.365 e. The molecule has 7 heteroatoms. The second-order valence-corrected chi connectivity index (χ2v) is 4.45. The Morgan fingerprint density at radius 2 is 2.15 bits per heavy atom. The van der Waals surface area contributed by atoms with E-state index in [0.29, 0.717) is 11.1 Å². The first kappa shape index (κ1) is 14.3. The normalized spacial score (nSPS) is 15.6. The molecule has 1 amide bonds. The summed E-state index contributed by atoms with van der Waals surface area (Å²) in [6.45, 7) is -1.04. The topological polar surface area (TPSA) is 53.3 Å². The minimum absolute atomic E-state index is 0.131. The number of carbonyl (C=O) groups is 1. The summed E-state index contributed by atoms with van der Waals surface area (Å²) >= 11 is 0. The summed E-state index contributed by atoms with van der Waals surface area (Å²) in [5.41, 5.74) is 0.708. The average molecular weight is 284 g/mol. The Labute approximate surface area is 113 Å². The molecule has 0 atom stereocenters. The zero-order valence-corrected chi connectivity index (χ0v) is 10.4. The van der Waals surface area contributed by atoms with Gasteiger partial charge >= 0.3 is 6.18 Å². The van der Waals surface area contributed by atoms with E-state index < -0.39 is 18.9 Å². The zero-order chi connectivity index (χ0) is 14.8. The maximum Gasteiger partial charge on any atom is 0.411 e. The molecule has 0 aliphatic carbocycles. The molecule has 2 rings (SSSR count). The van der Waals surface area contributed by atoms with Gasteiger partial charge in [0.2, 0.25) is 0 Å². The fourth-order valence-corrected chi connectivity index (χ4v) is 1.83. The summed E-state index contributed by atoms with van der Waals surface area (Å²) < 4.78 is 40.5.